The SMILES string of the molecule is Cc1ccc(Cn2c(CCl)nc3c(C)nn(C)c32)cn1. The molecule has 6 heteroatoms. The first kappa shape index (κ1) is 13.1. The molecule has 3 aromatic rings. The van der Waals surface area contributed by atoms with Gasteiger partial charge in [0.05, 0.1) is 18.1 Å². The molecule has 0 unspecified atom stereocenters. The maximum absolute atomic E-state index is 6.03. The molecule has 0 aromatic carbocycles. The average Bonchev–Trinajstić information content (AvgIpc) is 2.92. The Morgan fingerprint density at radius 2 is 2.05 bits per heavy atom. The summed E-state index contributed by atoms with van der Waals surface area (Å²) < 4.78 is 3.96. The summed E-state index contributed by atoms with van der Waals surface area (Å²) in [5, 5.41) is 4.42. The fourth-order valence-electron chi connectivity index (χ4n) is 2.42. The number of hydrogen-bond donors (Lipinski definition) is 0. The lowest BCUT2D eigenvalue weighted by atomic mass is 10.2. The van der Waals surface area contributed by atoms with Gasteiger partial charge in [-0.15, -0.1) is 11.6 Å². The zero-order chi connectivity index (χ0) is 14.3. The van der Waals surface area contributed by atoms with Crippen LogP contribution in [0.1, 0.15) is 22.8 Å². The lowest BCUT2D eigenvalue weighted by Crippen LogP contribution is -2.08. The van der Waals surface area contributed by atoms with Crippen molar-refractivity contribution in [2.24, 2.45) is 7.05 Å². The van der Waals surface area contributed by atoms with Crippen molar-refractivity contribution in [3.05, 3.63) is 41.1 Å². The summed E-state index contributed by atoms with van der Waals surface area (Å²) in [5.74, 6) is 1.24. The zero-order valence-corrected chi connectivity index (χ0v) is 12.5. The van der Waals surface area contributed by atoms with Crippen LogP contribution in [0.3, 0.4) is 0 Å². The molecule has 0 atom stereocenters. The van der Waals surface area contributed by atoms with Crippen LogP contribution in [0.25, 0.3) is 11.2 Å². The first-order valence-corrected chi connectivity index (χ1v) is 7.00. The summed E-state index contributed by atoms with van der Waals surface area (Å²) in [6.07, 6.45) is 1.89. The fourth-order valence-corrected chi connectivity index (χ4v) is 2.63. The molecule has 0 saturated carbocycles. The van der Waals surface area contributed by atoms with Gasteiger partial charge in [0.15, 0.2) is 5.65 Å². The largest absolute Gasteiger partial charge is 0.307 e. The van der Waals surface area contributed by atoms with Crippen molar-refractivity contribution in [3.63, 3.8) is 0 Å². The number of fused-ring (bicyclic) bond motifs is 1. The Morgan fingerprint density at radius 3 is 2.70 bits per heavy atom. The molecule has 0 radical (unpaired) electrons. The molecule has 20 heavy (non-hydrogen) atoms. The summed E-state index contributed by atoms with van der Waals surface area (Å²) in [7, 11) is 1.93. The highest BCUT2D eigenvalue weighted by Crippen LogP contribution is 2.21. The van der Waals surface area contributed by atoms with E-state index in [2.05, 4.69) is 25.7 Å². The van der Waals surface area contributed by atoms with Crippen LogP contribution in [0, 0.1) is 13.8 Å². The van der Waals surface area contributed by atoms with Crippen molar-refractivity contribution >= 4 is 22.8 Å². The van der Waals surface area contributed by atoms with Crippen molar-refractivity contribution < 1.29 is 0 Å². The van der Waals surface area contributed by atoms with Crippen LogP contribution in [0.2, 0.25) is 0 Å². The second-order valence-electron chi connectivity index (χ2n) is 4.94. The maximum atomic E-state index is 6.03. The van der Waals surface area contributed by atoms with E-state index in [9.17, 15) is 0 Å². The second kappa shape index (κ2) is 4.90. The third-order valence-corrected chi connectivity index (χ3v) is 3.64. The van der Waals surface area contributed by atoms with Gasteiger partial charge >= 0.3 is 0 Å². The average molecular weight is 290 g/mol. The van der Waals surface area contributed by atoms with Crippen molar-refractivity contribution in [1.29, 1.82) is 0 Å². The first-order chi connectivity index (χ1) is 9.60. The van der Waals surface area contributed by atoms with Crippen molar-refractivity contribution in [3.8, 4) is 0 Å². The van der Waals surface area contributed by atoms with Gasteiger partial charge in [-0.05, 0) is 25.5 Å². The molecule has 3 aromatic heterocycles. The van der Waals surface area contributed by atoms with Crippen LogP contribution in [0.4, 0.5) is 0 Å². The van der Waals surface area contributed by atoms with Gasteiger partial charge in [-0.3, -0.25) is 9.67 Å². The molecule has 0 spiro atoms. The lowest BCUT2D eigenvalue weighted by molar-refractivity contribution is 0.701. The van der Waals surface area contributed by atoms with Crippen LogP contribution >= 0.6 is 11.6 Å². The van der Waals surface area contributed by atoms with Crippen LogP contribution in [0.15, 0.2) is 18.3 Å². The standard InChI is InChI=1S/C14H16ClN5/c1-9-4-5-11(7-16-9)8-20-12(6-15)17-13-10(2)18-19(3)14(13)20/h4-5,7H,6,8H2,1-3H3. The molecule has 0 aliphatic carbocycles. The van der Waals surface area contributed by atoms with Crippen molar-refractivity contribution in [2.75, 3.05) is 0 Å². The number of hydrogen-bond acceptors (Lipinski definition) is 3. The Kier molecular flexibility index (Phi) is 3.22. The normalized spacial score (nSPS) is 11.4. The van der Waals surface area contributed by atoms with Gasteiger partial charge in [-0.25, -0.2) is 4.98 Å². The molecule has 0 saturated heterocycles. The Morgan fingerprint density at radius 1 is 1.25 bits per heavy atom. The number of aromatic nitrogens is 5. The second-order valence-corrected chi connectivity index (χ2v) is 5.20. The minimum atomic E-state index is 0.382. The number of alkyl halides is 1. The predicted molar refractivity (Wildman–Crippen MR) is 78.9 cm³/mol. The minimum Gasteiger partial charge on any atom is -0.307 e. The van der Waals surface area contributed by atoms with Crippen LogP contribution in [-0.4, -0.2) is 24.3 Å². The highest BCUT2D eigenvalue weighted by molar-refractivity contribution is 6.16. The first-order valence-electron chi connectivity index (χ1n) is 6.46. The molecule has 104 valence electrons. The van der Waals surface area contributed by atoms with E-state index in [1.807, 2.05) is 37.8 Å². The predicted octanol–water partition coefficient (Wildman–Crippen LogP) is 2.57. The smallest absolute Gasteiger partial charge is 0.159 e. The molecular formula is C14H16ClN5. The minimum absolute atomic E-state index is 0.382. The number of aryl methyl sites for hydroxylation is 3. The Hall–Kier alpha value is -1.88. The number of nitrogens with zero attached hydrogens (tertiary/aromatic N) is 5. The van der Waals surface area contributed by atoms with E-state index >= 15 is 0 Å². The van der Waals surface area contributed by atoms with E-state index in [4.69, 9.17) is 11.6 Å². The lowest BCUT2D eigenvalue weighted by Gasteiger charge is -2.08. The fraction of sp³-hybridized carbons (Fsp3) is 0.357. The molecule has 0 fully saturated rings. The van der Waals surface area contributed by atoms with E-state index in [-0.39, 0.29) is 0 Å². The van der Waals surface area contributed by atoms with Crippen molar-refractivity contribution in [2.45, 2.75) is 26.3 Å². The van der Waals surface area contributed by atoms with E-state index < -0.39 is 0 Å². The van der Waals surface area contributed by atoms with Crippen molar-refractivity contribution in [1.82, 2.24) is 24.3 Å². The van der Waals surface area contributed by atoms with Gasteiger partial charge in [0.1, 0.15) is 11.3 Å². The topological polar surface area (TPSA) is 48.5 Å². The molecule has 3 rings (SSSR count). The highest BCUT2D eigenvalue weighted by atomic mass is 35.5. The van der Waals surface area contributed by atoms with Crippen LogP contribution in [0.5, 0.6) is 0 Å². The molecule has 5 nitrogen and oxygen atoms in total. The Balaban J connectivity index is 2.11. The van der Waals surface area contributed by atoms with Gasteiger partial charge in [0, 0.05) is 18.9 Å². The van der Waals surface area contributed by atoms with Gasteiger partial charge in [-0.1, -0.05) is 6.07 Å². The summed E-state index contributed by atoms with van der Waals surface area (Å²) in [6, 6.07) is 4.09. The quantitative estimate of drug-likeness (QED) is 0.696. The number of pyridine rings is 1. The Labute approximate surface area is 122 Å². The van der Waals surface area contributed by atoms with Crippen LogP contribution in [-0.2, 0) is 19.5 Å². The molecule has 0 N–H and O–H groups in total. The van der Waals surface area contributed by atoms with Gasteiger partial charge in [0.25, 0.3) is 0 Å². The highest BCUT2D eigenvalue weighted by Gasteiger charge is 2.16. The summed E-state index contributed by atoms with van der Waals surface area (Å²) in [6.45, 7) is 4.64. The summed E-state index contributed by atoms with van der Waals surface area (Å²) >= 11 is 6.03. The van der Waals surface area contributed by atoms with E-state index in [1.165, 1.54) is 0 Å². The van der Waals surface area contributed by atoms with Gasteiger partial charge in [0.2, 0.25) is 0 Å². The molecule has 0 bridgehead atoms. The molecule has 3 heterocycles. The molecule has 0 amide bonds. The van der Waals surface area contributed by atoms with E-state index in [0.717, 1.165) is 33.9 Å². The third kappa shape index (κ3) is 2.08. The number of imidazole rings is 1. The molecule has 0 aliphatic rings. The maximum Gasteiger partial charge on any atom is 0.159 e. The summed E-state index contributed by atoms with van der Waals surface area (Å²) in [4.78, 5) is 8.93. The van der Waals surface area contributed by atoms with E-state index in [0.29, 0.717) is 12.4 Å². The Bertz CT molecular complexity index is 754. The molecule has 0 aliphatic heterocycles. The summed E-state index contributed by atoms with van der Waals surface area (Å²) in [5.41, 5.74) is 4.98. The van der Waals surface area contributed by atoms with E-state index in [1.54, 1.807) is 0 Å². The van der Waals surface area contributed by atoms with Gasteiger partial charge in [-0.2, -0.15) is 5.10 Å². The zero-order valence-electron chi connectivity index (χ0n) is 11.8. The number of halogens is 1. The monoisotopic (exact) mass is 289 g/mol. The van der Waals surface area contributed by atoms with Gasteiger partial charge < -0.3 is 4.57 Å². The number of rotatable bonds is 3. The van der Waals surface area contributed by atoms with Crippen LogP contribution < -0.4 is 0 Å². The molecular weight excluding hydrogens is 274 g/mol. The third-order valence-electron chi connectivity index (χ3n) is 3.40.